The Balaban J connectivity index is 1.55. The molecule has 3 atom stereocenters. The van der Waals surface area contributed by atoms with Gasteiger partial charge in [-0.15, -0.1) is 0 Å². The molecule has 4 rings (SSSR count). The molecule has 0 saturated carbocycles. The summed E-state index contributed by atoms with van der Waals surface area (Å²) in [6, 6.07) is 2.26. The Morgan fingerprint density at radius 3 is 2.62 bits per heavy atom. The maximum atomic E-state index is 4.51. The first-order valence-electron chi connectivity index (χ1n) is 8.77. The monoisotopic (exact) mass is 288 g/mol. The molecule has 0 radical (unpaired) electrons. The summed E-state index contributed by atoms with van der Waals surface area (Å²) < 4.78 is 2.54. The second-order valence-electron chi connectivity index (χ2n) is 7.30. The van der Waals surface area contributed by atoms with E-state index >= 15 is 0 Å². The zero-order chi connectivity index (χ0) is 14.2. The van der Waals surface area contributed by atoms with Crippen LogP contribution in [0.1, 0.15) is 62.6 Å². The Labute approximate surface area is 127 Å². The zero-order valence-corrected chi connectivity index (χ0v) is 13.2. The maximum Gasteiger partial charge on any atom is 0.0950 e. The third kappa shape index (κ3) is 2.53. The zero-order valence-electron chi connectivity index (χ0n) is 13.2. The van der Waals surface area contributed by atoms with Gasteiger partial charge in [-0.3, -0.25) is 0 Å². The van der Waals surface area contributed by atoms with Gasteiger partial charge in [0, 0.05) is 42.5 Å². The van der Waals surface area contributed by atoms with Crippen molar-refractivity contribution in [2.24, 2.45) is 0 Å². The highest BCUT2D eigenvalue weighted by molar-refractivity contribution is 5.11. The molecule has 3 aliphatic heterocycles. The molecule has 4 nitrogen and oxygen atoms in total. The van der Waals surface area contributed by atoms with Crippen molar-refractivity contribution >= 4 is 0 Å². The predicted octanol–water partition coefficient (Wildman–Crippen LogP) is 2.54. The normalized spacial score (nSPS) is 37.6. The third-order valence-electron chi connectivity index (χ3n) is 6.12. The summed E-state index contributed by atoms with van der Waals surface area (Å²) in [5.74, 6) is 0.667. The number of aromatic nitrogens is 2. The number of fused-ring (bicyclic) bond motifs is 2. The van der Waals surface area contributed by atoms with Crippen LogP contribution in [0.4, 0.5) is 0 Å². The minimum Gasteiger partial charge on any atom is -0.331 e. The molecule has 0 spiro atoms. The largest absolute Gasteiger partial charge is 0.331 e. The number of piperidine rings is 3. The van der Waals surface area contributed by atoms with E-state index in [4.69, 9.17) is 0 Å². The van der Waals surface area contributed by atoms with Crippen LogP contribution >= 0.6 is 0 Å². The Morgan fingerprint density at radius 2 is 1.90 bits per heavy atom. The number of hydrogen-bond donors (Lipinski definition) is 1. The van der Waals surface area contributed by atoms with Crippen LogP contribution < -0.4 is 5.32 Å². The molecule has 116 valence electrons. The van der Waals surface area contributed by atoms with E-state index in [9.17, 15) is 0 Å². The van der Waals surface area contributed by atoms with Crippen LogP contribution in [0.5, 0.6) is 0 Å². The van der Waals surface area contributed by atoms with Gasteiger partial charge in [0.25, 0.3) is 0 Å². The third-order valence-corrected chi connectivity index (χ3v) is 6.12. The number of imidazole rings is 1. The van der Waals surface area contributed by atoms with E-state index in [-0.39, 0.29) is 0 Å². The van der Waals surface area contributed by atoms with Crippen LogP contribution in [-0.4, -0.2) is 46.7 Å². The highest BCUT2D eigenvalue weighted by Crippen LogP contribution is 2.39. The smallest absolute Gasteiger partial charge is 0.0950 e. The second kappa shape index (κ2) is 5.73. The van der Waals surface area contributed by atoms with Crippen LogP contribution in [0.25, 0.3) is 0 Å². The van der Waals surface area contributed by atoms with Gasteiger partial charge in [-0.1, -0.05) is 6.42 Å². The van der Waals surface area contributed by atoms with Gasteiger partial charge in [0.15, 0.2) is 0 Å². The molecule has 1 aromatic rings. The van der Waals surface area contributed by atoms with Gasteiger partial charge in [-0.25, -0.2) is 4.98 Å². The Morgan fingerprint density at radius 1 is 1.10 bits per heavy atom. The summed E-state index contributed by atoms with van der Waals surface area (Å²) in [5.41, 5.74) is 1.48. The van der Waals surface area contributed by atoms with Crippen LogP contribution in [0.3, 0.4) is 0 Å². The fourth-order valence-electron chi connectivity index (χ4n) is 4.85. The first kappa shape index (κ1) is 13.8. The van der Waals surface area contributed by atoms with Crippen LogP contribution in [-0.2, 0) is 0 Å². The molecule has 21 heavy (non-hydrogen) atoms. The molecule has 0 aliphatic carbocycles. The summed E-state index contributed by atoms with van der Waals surface area (Å²) in [7, 11) is 2.34. The van der Waals surface area contributed by atoms with E-state index < -0.39 is 0 Å². The number of hydrogen-bond acceptors (Lipinski definition) is 3. The van der Waals surface area contributed by atoms with Crippen LogP contribution in [0.2, 0.25) is 0 Å². The van der Waals surface area contributed by atoms with Gasteiger partial charge in [-0.05, 0) is 52.1 Å². The lowest BCUT2D eigenvalue weighted by atomic mass is 9.82. The fraction of sp³-hybridized carbons (Fsp3) is 0.824. The van der Waals surface area contributed by atoms with Crippen molar-refractivity contribution in [1.29, 1.82) is 0 Å². The van der Waals surface area contributed by atoms with Crippen molar-refractivity contribution in [2.75, 3.05) is 20.1 Å². The van der Waals surface area contributed by atoms with Gasteiger partial charge in [0.05, 0.1) is 6.33 Å². The van der Waals surface area contributed by atoms with Crippen molar-refractivity contribution < 1.29 is 0 Å². The number of nitrogens with zero attached hydrogens (tertiary/aromatic N) is 3. The van der Waals surface area contributed by atoms with E-state index in [1.807, 2.05) is 0 Å². The summed E-state index contributed by atoms with van der Waals surface area (Å²) in [6.07, 6.45) is 13.7. The van der Waals surface area contributed by atoms with Crippen molar-refractivity contribution in [2.45, 2.75) is 69.0 Å². The molecule has 2 bridgehead atoms. The van der Waals surface area contributed by atoms with Gasteiger partial charge in [-0.2, -0.15) is 0 Å². The van der Waals surface area contributed by atoms with Gasteiger partial charge in [0.2, 0.25) is 0 Å². The summed E-state index contributed by atoms with van der Waals surface area (Å²) in [5, 5.41) is 3.55. The van der Waals surface area contributed by atoms with Crippen LogP contribution in [0.15, 0.2) is 12.5 Å². The molecule has 4 heteroatoms. The molecule has 3 fully saturated rings. The summed E-state index contributed by atoms with van der Waals surface area (Å²) >= 11 is 0. The lowest BCUT2D eigenvalue weighted by Gasteiger charge is -2.47. The summed E-state index contributed by atoms with van der Waals surface area (Å²) in [6.45, 7) is 2.31. The van der Waals surface area contributed by atoms with E-state index in [0.717, 1.165) is 18.6 Å². The molecular weight excluding hydrogens is 260 g/mol. The second-order valence-corrected chi connectivity index (χ2v) is 7.30. The predicted molar refractivity (Wildman–Crippen MR) is 84.5 cm³/mol. The Kier molecular flexibility index (Phi) is 3.76. The number of rotatable bonds is 2. The topological polar surface area (TPSA) is 33.1 Å². The number of nitrogens with one attached hydrogen (secondary N) is 1. The minimum absolute atomic E-state index is 0.667. The minimum atomic E-state index is 0.667. The SMILES string of the molecule is CN1C2CCCC1CC(n1cncc1C1CCCNC1)C2. The fourth-order valence-corrected chi connectivity index (χ4v) is 4.85. The molecule has 3 unspecified atom stereocenters. The average Bonchev–Trinajstić information content (AvgIpc) is 2.97. The standard InChI is InChI=1S/C17H28N4/c1-20-14-5-2-6-15(20)9-16(8-14)21-12-19-11-17(21)13-4-3-7-18-10-13/h11-16,18H,2-10H2,1H3. The van der Waals surface area contributed by atoms with E-state index in [1.54, 1.807) is 0 Å². The van der Waals surface area contributed by atoms with E-state index in [0.29, 0.717) is 12.0 Å². The quantitative estimate of drug-likeness (QED) is 0.908. The lowest BCUT2D eigenvalue weighted by Crippen LogP contribution is -2.50. The average molecular weight is 288 g/mol. The van der Waals surface area contributed by atoms with Crippen molar-refractivity contribution in [3.8, 4) is 0 Å². The van der Waals surface area contributed by atoms with Gasteiger partial charge >= 0.3 is 0 Å². The van der Waals surface area contributed by atoms with Gasteiger partial charge in [0.1, 0.15) is 0 Å². The Hall–Kier alpha value is -0.870. The molecule has 1 N–H and O–H groups in total. The van der Waals surface area contributed by atoms with Crippen molar-refractivity contribution in [3.05, 3.63) is 18.2 Å². The first-order valence-corrected chi connectivity index (χ1v) is 8.77. The lowest BCUT2D eigenvalue weighted by molar-refractivity contribution is 0.0390. The maximum absolute atomic E-state index is 4.51. The first-order chi connectivity index (χ1) is 10.3. The molecule has 0 amide bonds. The molecule has 3 saturated heterocycles. The van der Waals surface area contributed by atoms with E-state index in [2.05, 4.69) is 39.3 Å². The van der Waals surface area contributed by atoms with Crippen LogP contribution in [0, 0.1) is 0 Å². The highest BCUT2D eigenvalue weighted by Gasteiger charge is 2.37. The molecule has 4 heterocycles. The molecule has 0 aromatic carbocycles. The van der Waals surface area contributed by atoms with Crippen molar-refractivity contribution in [3.63, 3.8) is 0 Å². The molecular formula is C17H28N4. The van der Waals surface area contributed by atoms with E-state index in [1.165, 1.54) is 57.2 Å². The molecule has 1 aromatic heterocycles. The summed E-state index contributed by atoms with van der Waals surface area (Å²) in [4.78, 5) is 7.16. The van der Waals surface area contributed by atoms with Gasteiger partial charge < -0.3 is 14.8 Å². The van der Waals surface area contributed by atoms with Crippen molar-refractivity contribution in [1.82, 2.24) is 19.8 Å². The highest BCUT2D eigenvalue weighted by atomic mass is 15.2. The molecule has 3 aliphatic rings. The Bertz CT molecular complexity index is 463.